The van der Waals surface area contributed by atoms with Gasteiger partial charge in [-0.05, 0) is 26.3 Å². The molecule has 0 spiro atoms. The van der Waals surface area contributed by atoms with Crippen molar-refractivity contribution in [3.8, 4) is 0 Å². The van der Waals surface area contributed by atoms with E-state index in [-0.39, 0.29) is 11.0 Å². The average Bonchev–Trinajstić information content (AvgIpc) is 2.16. The highest BCUT2D eigenvalue weighted by Gasteiger charge is 2.22. The number of aliphatic hydroxyl groups is 1. The molecule has 2 unspecified atom stereocenters. The van der Waals surface area contributed by atoms with Crippen molar-refractivity contribution in [3.63, 3.8) is 0 Å². The molecule has 0 aliphatic heterocycles. The van der Waals surface area contributed by atoms with Crippen LogP contribution in [0.15, 0.2) is 0 Å². The van der Waals surface area contributed by atoms with Crippen LogP contribution in [0.5, 0.6) is 0 Å². The minimum atomic E-state index is -3.14. The summed E-state index contributed by atoms with van der Waals surface area (Å²) < 4.78 is 23.2. The number of rotatable bonds is 8. The highest BCUT2D eigenvalue weighted by atomic mass is 32.2. The van der Waals surface area contributed by atoms with Gasteiger partial charge in [-0.3, -0.25) is 0 Å². The van der Waals surface area contributed by atoms with Crippen LogP contribution in [0.1, 0.15) is 33.6 Å². The number of sulfone groups is 1. The predicted octanol–water partition coefficient (Wildman–Crippen LogP) is 0.560. The van der Waals surface area contributed by atoms with Crippen LogP contribution in [0.2, 0.25) is 0 Å². The molecule has 0 aliphatic rings. The summed E-state index contributed by atoms with van der Waals surface area (Å²) in [7, 11) is -3.14. The third-order valence-electron chi connectivity index (χ3n) is 2.42. The first kappa shape index (κ1) is 14.9. The topological polar surface area (TPSA) is 66.4 Å². The maximum absolute atomic E-state index is 11.6. The lowest BCUT2D eigenvalue weighted by Crippen LogP contribution is -2.35. The van der Waals surface area contributed by atoms with E-state index in [1.807, 2.05) is 13.8 Å². The molecule has 0 radical (unpaired) electrons. The molecule has 0 aromatic rings. The SMILES string of the molecule is CCCNCC(O)CS(=O)(=O)C(C)CC. The van der Waals surface area contributed by atoms with E-state index < -0.39 is 15.9 Å². The Hall–Kier alpha value is -0.130. The minimum Gasteiger partial charge on any atom is -0.391 e. The van der Waals surface area contributed by atoms with Gasteiger partial charge in [0, 0.05) is 6.54 Å². The summed E-state index contributed by atoms with van der Waals surface area (Å²) in [5, 5.41) is 12.2. The molecule has 0 amide bonds. The molecule has 92 valence electrons. The van der Waals surface area contributed by atoms with Crippen LogP contribution in [0.25, 0.3) is 0 Å². The van der Waals surface area contributed by atoms with Gasteiger partial charge in [-0.2, -0.15) is 0 Å². The van der Waals surface area contributed by atoms with E-state index in [9.17, 15) is 13.5 Å². The lowest BCUT2D eigenvalue weighted by Gasteiger charge is -2.15. The molecule has 0 saturated heterocycles. The smallest absolute Gasteiger partial charge is 0.155 e. The Morgan fingerprint density at radius 1 is 1.33 bits per heavy atom. The van der Waals surface area contributed by atoms with E-state index in [1.165, 1.54) is 0 Å². The lowest BCUT2D eigenvalue weighted by atomic mass is 10.4. The van der Waals surface area contributed by atoms with Crippen LogP contribution in [0.4, 0.5) is 0 Å². The van der Waals surface area contributed by atoms with E-state index in [2.05, 4.69) is 5.32 Å². The number of aliphatic hydroxyl groups excluding tert-OH is 1. The Bertz CT molecular complexity index is 251. The molecular formula is C10H23NO3S. The van der Waals surface area contributed by atoms with Gasteiger partial charge in [0.25, 0.3) is 0 Å². The fourth-order valence-electron chi connectivity index (χ4n) is 1.19. The molecule has 15 heavy (non-hydrogen) atoms. The normalized spacial score (nSPS) is 16.3. The Kier molecular flexibility index (Phi) is 7.13. The van der Waals surface area contributed by atoms with Crippen LogP contribution < -0.4 is 5.32 Å². The van der Waals surface area contributed by atoms with Crippen molar-refractivity contribution in [3.05, 3.63) is 0 Å². The van der Waals surface area contributed by atoms with Gasteiger partial charge in [-0.15, -0.1) is 0 Å². The summed E-state index contributed by atoms with van der Waals surface area (Å²) >= 11 is 0. The van der Waals surface area contributed by atoms with E-state index in [0.29, 0.717) is 13.0 Å². The summed E-state index contributed by atoms with van der Waals surface area (Å²) in [4.78, 5) is 0. The van der Waals surface area contributed by atoms with Crippen LogP contribution in [-0.2, 0) is 9.84 Å². The molecule has 0 aliphatic carbocycles. The molecule has 0 rings (SSSR count). The second kappa shape index (κ2) is 7.19. The quantitative estimate of drug-likeness (QED) is 0.605. The van der Waals surface area contributed by atoms with Crippen molar-refractivity contribution in [1.82, 2.24) is 5.32 Å². The maximum atomic E-state index is 11.6. The second-order valence-corrected chi connectivity index (χ2v) is 6.37. The molecular weight excluding hydrogens is 214 g/mol. The molecule has 0 aromatic carbocycles. The second-order valence-electron chi connectivity index (χ2n) is 3.91. The van der Waals surface area contributed by atoms with Crippen LogP contribution in [0, 0.1) is 0 Å². The lowest BCUT2D eigenvalue weighted by molar-refractivity contribution is 0.193. The Morgan fingerprint density at radius 2 is 1.93 bits per heavy atom. The molecule has 0 heterocycles. The zero-order valence-electron chi connectivity index (χ0n) is 9.86. The van der Waals surface area contributed by atoms with Crippen molar-refractivity contribution in [1.29, 1.82) is 0 Å². The van der Waals surface area contributed by atoms with E-state index in [1.54, 1.807) is 6.92 Å². The van der Waals surface area contributed by atoms with Crippen LogP contribution in [-0.4, -0.2) is 43.7 Å². The highest BCUT2D eigenvalue weighted by molar-refractivity contribution is 7.92. The Balaban J connectivity index is 3.99. The number of nitrogens with one attached hydrogen (secondary N) is 1. The average molecular weight is 237 g/mol. The van der Waals surface area contributed by atoms with Gasteiger partial charge in [-0.1, -0.05) is 13.8 Å². The monoisotopic (exact) mass is 237 g/mol. The van der Waals surface area contributed by atoms with Gasteiger partial charge in [0.2, 0.25) is 0 Å². The third-order valence-corrected chi connectivity index (χ3v) is 4.83. The summed E-state index contributed by atoms with van der Waals surface area (Å²) in [5.41, 5.74) is 0. The standard InChI is InChI=1S/C10H23NO3S/c1-4-6-11-7-10(12)8-15(13,14)9(3)5-2/h9-12H,4-8H2,1-3H3. The van der Waals surface area contributed by atoms with Crippen molar-refractivity contribution in [2.24, 2.45) is 0 Å². The first-order chi connectivity index (χ1) is 6.94. The third kappa shape index (κ3) is 6.12. The van der Waals surface area contributed by atoms with Crippen molar-refractivity contribution in [2.45, 2.75) is 45.0 Å². The molecule has 4 nitrogen and oxygen atoms in total. The van der Waals surface area contributed by atoms with Crippen molar-refractivity contribution in [2.75, 3.05) is 18.8 Å². The Labute approximate surface area is 93.0 Å². The predicted molar refractivity (Wildman–Crippen MR) is 62.7 cm³/mol. The molecule has 0 saturated carbocycles. The summed E-state index contributed by atoms with van der Waals surface area (Å²) in [6, 6.07) is 0. The van der Waals surface area contributed by atoms with Crippen molar-refractivity contribution < 1.29 is 13.5 Å². The van der Waals surface area contributed by atoms with Crippen molar-refractivity contribution >= 4 is 9.84 Å². The summed E-state index contributed by atoms with van der Waals surface area (Å²) in [6.07, 6.45) is 0.776. The van der Waals surface area contributed by atoms with E-state index in [4.69, 9.17) is 0 Å². The first-order valence-electron chi connectivity index (χ1n) is 5.54. The largest absolute Gasteiger partial charge is 0.391 e. The van der Waals surface area contributed by atoms with Crippen LogP contribution in [0.3, 0.4) is 0 Å². The van der Waals surface area contributed by atoms with Gasteiger partial charge in [0.15, 0.2) is 9.84 Å². The molecule has 0 bridgehead atoms. The van der Waals surface area contributed by atoms with E-state index in [0.717, 1.165) is 13.0 Å². The summed E-state index contributed by atoms with van der Waals surface area (Å²) in [5.74, 6) is -0.140. The van der Waals surface area contributed by atoms with E-state index >= 15 is 0 Å². The van der Waals surface area contributed by atoms with Crippen LogP contribution >= 0.6 is 0 Å². The number of hydrogen-bond acceptors (Lipinski definition) is 4. The van der Waals surface area contributed by atoms with Gasteiger partial charge in [0.05, 0.1) is 17.1 Å². The van der Waals surface area contributed by atoms with Gasteiger partial charge >= 0.3 is 0 Å². The fourth-order valence-corrected chi connectivity index (χ4v) is 2.68. The molecule has 5 heteroatoms. The summed E-state index contributed by atoms with van der Waals surface area (Å²) in [6.45, 7) is 6.70. The zero-order chi connectivity index (χ0) is 11.9. The van der Waals surface area contributed by atoms with Gasteiger partial charge in [-0.25, -0.2) is 8.42 Å². The molecule has 2 N–H and O–H groups in total. The molecule has 0 fully saturated rings. The molecule has 2 atom stereocenters. The molecule has 0 aromatic heterocycles. The Morgan fingerprint density at radius 3 is 2.40 bits per heavy atom. The maximum Gasteiger partial charge on any atom is 0.155 e. The minimum absolute atomic E-state index is 0.140. The van der Waals surface area contributed by atoms with Gasteiger partial charge in [0.1, 0.15) is 0 Å². The first-order valence-corrected chi connectivity index (χ1v) is 7.25. The number of hydrogen-bond donors (Lipinski definition) is 2. The highest BCUT2D eigenvalue weighted by Crippen LogP contribution is 2.07. The fraction of sp³-hybridized carbons (Fsp3) is 1.00. The van der Waals surface area contributed by atoms with Gasteiger partial charge < -0.3 is 10.4 Å². The zero-order valence-corrected chi connectivity index (χ0v) is 10.7.